The van der Waals surface area contributed by atoms with Crippen LogP contribution in [-0.2, 0) is 4.74 Å². The second-order valence-electron chi connectivity index (χ2n) is 3.93. The fourth-order valence-corrected chi connectivity index (χ4v) is 2.41. The van der Waals surface area contributed by atoms with Gasteiger partial charge in [0.1, 0.15) is 0 Å². The summed E-state index contributed by atoms with van der Waals surface area (Å²) in [6.07, 6.45) is 4.66. The van der Waals surface area contributed by atoms with Crippen LogP contribution in [0.2, 0.25) is 0 Å². The highest BCUT2D eigenvalue weighted by Gasteiger charge is 2.42. The maximum absolute atomic E-state index is 8.97. The molecule has 2 rings (SSSR count). The molecule has 0 aromatic heterocycles. The third kappa shape index (κ3) is 1.18. The molecule has 2 saturated heterocycles. The van der Waals surface area contributed by atoms with Crippen molar-refractivity contribution in [1.82, 2.24) is 0 Å². The van der Waals surface area contributed by atoms with Crippen LogP contribution in [0.25, 0.3) is 0 Å². The second-order valence-corrected chi connectivity index (χ2v) is 3.93. The van der Waals surface area contributed by atoms with Crippen molar-refractivity contribution in [3.05, 3.63) is 0 Å². The quantitative estimate of drug-likeness (QED) is 0.650. The highest BCUT2D eigenvalue weighted by Crippen LogP contribution is 2.42. The van der Waals surface area contributed by atoms with E-state index in [-0.39, 0.29) is 0 Å². The number of aliphatic hydroxyl groups is 1. The Morgan fingerprint density at radius 2 is 2.36 bits per heavy atom. The molecule has 0 spiro atoms. The normalized spacial score (nSPS) is 44.7. The van der Waals surface area contributed by atoms with Crippen molar-refractivity contribution in [2.24, 2.45) is 11.8 Å². The van der Waals surface area contributed by atoms with E-state index in [0.717, 1.165) is 0 Å². The van der Waals surface area contributed by atoms with Crippen LogP contribution in [0.5, 0.6) is 0 Å². The van der Waals surface area contributed by atoms with Gasteiger partial charge in [0.2, 0.25) is 0 Å². The van der Waals surface area contributed by atoms with Gasteiger partial charge in [-0.3, -0.25) is 0 Å². The van der Waals surface area contributed by atoms with Crippen molar-refractivity contribution in [1.29, 1.82) is 0 Å². The molecule has 3 unspecified atom stereocenters. The Kier molecular flexibility index (Phi) is 1.90. The number of rotatable bonds is 2. The summed E-state index contributed by atoms with van der Waals surface area (Å²) < 4.78 is 5.70. The number of hydrogen-bond acceptors (Lipinski definition) is 2. The third-order valence-corrected chi connectivity index (χ3v) is 3.17. The third-order valence-electron chi connectivity index (χ3n) is 3.17. The van der Waals surface area contributed by atoms with E-state index in [4.69, 9.17) is 9.84 Å². The summed E-state index contributed by atoms with van der Waals surface area (Å²) >= 11 is 0. The van der Waals surface area contributed by atoms with Crippen LogP contribution in [0.1, 0.15) is 26.2 Å². The van der Waals surface area contributed by atoms with Gasteiger partial charge >= 0.3 is 0 Å². The minimum Gasteiger partial charge on any atom is -0.396 e. The molecule has 0 aliphatic carbocycles. The average Bonchev–Trinajstić information content (AvgIpc) is 2.62. The first kappa shape index (κ1) is 7.56. The van der Waals surface area contributed by atoms with Gasteiger partial charge in [0.05, 0.1) is 12.2 Å². The van der Waals surface area contributed by atoms with Gasteiger partial charge in [0.25, 0.3) is 0 Å². The molecule has 2 heterocycles. The molecule has 2 heteroatoms. The topological polar surface area (TPSA) is 29.5 Å². The minimum absolute atomic E-state index is 0.317. The smallest absolute Gasteiger partial charge is 0.0612 e. The van der Waals surface area contributed by atoms with Gasteiger partial charge in [-0.25, -0.2) is 0 Å². The van der Waals surface area contributed by atoms with E-state index >= 15 is 0 Å². The van der Waals surface area contributed by atoms with Gasteiger partial charge in [-0.15, -0.1) is 0 Å². The summed E-state index contributed by atoms with van der Waals surface area (Å²) in [5.74, 6) is 1.07. The molecule has 64 valence electrons. The molecule has 1 N–H and O–H groups in total. The number of fused-ring (bicyclic) bond motifs is 2. The molecular weight excluding hydrogens is 140 g/mol. The van der Waals surface area contributed by atoms with E-state index in [1.165, 1.54) is 19.3 Å². The van der Waals surface area contributed by atoms with Crippen LogP contribution < -0.4 is 0 Å². The van der Waals surface area contributed by atoms with Gasteiger partial charge in [0.15, 0.2) is 0 Å². The first-order valence-corrected chi connectivity index (χ1v) is 4.57. The zero-order valence-corrected chi connectivity index (χ0v) is 6.99. The summed E-state index contributed by atoms with van der Waals surface area (Å²) in [7, 11) is 0. The molecular formula is C9H16O2. The van der Waals surface area contributed by atoms with Crippen LogP contribution in [0.3, 0.4) is 0 Å². The lowest BCUT2D eigenvalue weighted by atomic mass is 9.81. The van der Waals surface area contributed by atoms with Gasteiger partial charge in [-0.2, -0.15) is 0 Å². The Morgan fingerprint density at radius 3 is 2.82 bits per heavy atom. The first-order chi connectivity index (χ1) is 5.31. The average molecular weight is 156 g/mol. The Labute approximate surface area is 67.6 Å². The number of hydrogen-bond donors (Lipinski definition) is 1. The summed E-state index contributed by atoms with van der Waals surface area (Å²) in [4.78, 5) is 0. The highest BCUT2D eigenvalue weighted by atomic mass is 16.5. The van der Waals surface area contributed by atoms with Crippen LogP contribution in [0.15, 0.2) is 0 Å². The molecule has 2 aliphatic rings. The summed E-state index contributed by atoms with van der Waals surface area (Å²) in [6, 6.07) is 0. The number of ether oxygens (including phenoxy) is 1. The standard InChI is InChI=1S/C9H16O2/c1-6(5-10)8-4-7-2-3-9(8)11-7/h6-10H,2-5H2,1H3/t6-,7?,8?,9?/m0/s1. The van der Waals surface area contributed by atoms with E-state index in [1.807, 2.05) is 0 Å². The fourth-order valence-electron chi connectivity index (χ4n) is 2.41. The number of aliphatic hydroxyl groups excluding tert-OH is 1. The molecule has 0 aromatic carbocycles. The zero-order valence-electron chi connectivity index (χ0n) is 6.99. The Morgan fingerprint density at radius 1 is 1.55 bits per heavy atom. The van der Waals surface area contributed by atoms with Crippen molar-refractivity contribution in [2.45, 2.75) is 38.4 Å². The molecule has 2 fully saturated rings. The lowest BCUT2D eigenvalue weighted by molar-refractivity contribution is 0.0733. The van der Waals surface area contributed by atoms with E-state index in [9.17, 15) is 0 Å². The SMILES string of the molecule is C[C@@H](CO)C1CC2CCC1O2. The first-order valence-electron chi connectivity index (χ1n) is 4.57. The highest BCUT2D eigenvalue weighted by molar-refractivity contribution is 4.91. The Balaban J connectivity index is 1.96. The van der Waals surface area contributed by atoms with Crippen LogP contribution in [0, 0.1) is 11.8 Å². The molecule has 11 heavy (non-hydrogen) atoms. The molecule has 0 radical (unpaired) electrons. The summed E-state index contributed by atoms with van der Waals surface area (Å²) in [5.41, 5.74) is 0. The molecule has 2 nitrogen and oxygen atoms in total. The van der Waals surface area contributed by atoms with Gasteiger partial charge in [-0.1, -0.05) is 6.92 Å². The Hall–Kier alpha value is -0.0800. The van der Waals surface area contributed by atoms with E-state index in [0.29, 0.717) is 30.7 Å². The van der Waals surface area contributed by atoms with Crippen LogP contribution in [-0.4, -0.2) is 23.9 Å². The van der Waals surface area contributed by atoms with Crippen LogP contribution >= 0.6 is 0 Å². The van der Waals surface area contributed by atoms with Gasteiger partial charge < -0.3 is 9.84 Å². The van der Waals surface area contributed by atoms with Crippen molar-refractivity contribution >= 4 is 0 Å². The van der Waals surface area contributed by atoms with Crippen molar-refractivity contribution in [3.8, 4) is 0 Å². The summed E-state index contributed by atoms with van der Waals surface area (Å²) in [6.45, 7) is 2.44. The monoisotopic (exact) mass is 156 g/mol. The lowest BCUT2D eigenvalue weighted by Crippen LogP contribution is -2.25. The molecule has 0 aromatic rings. The van der Waals surface area contributed by atoms with Crippen LogP contribution in [0.4, 0.5) is 0 Å². The van der Waals surface area contributed by atoms with Crippen molar-refractivity contribution in [3.63, 3.8) is 0 Å². The fraction of sp³-hybridized carbons (Fsp3) is 1.00. The maximum Gasteiger partial charge on any atom is 0.0612 e. The van der Waals surface area contributed by atoms with E-state index < -0.39 is 0 Å². The van der Waals surface area contributed by atoms with Gasteiger partial charge in [-0.05, 0) is 31.1 Å². The van der Waals surface area contributed by atoms with Crippen molar-refractivity contribution < 1.29 is 9.84 Å². The molecule has 4 atom stereocenters. The van der Waals surface area contributed by atoms with Gasteiger partial charge in [0, 0.05) is 6.61 Å². The minimum atomic E-state index is 0.317. The maximum atomic E-state index is 8.97. The molecule has 2 bridgehead atoms. The molecule has 2 aliphatic heterocycles. The summed E-state index contributed by atoms with van der Waals surface area (Å²) in [5, 5.41) is 8.97. The predicted octanol–water partition coefficient (Wildman–Crippen LogP) is 1.18. The van der Waals surface area contributed by atoms with Crippen molar-refractivity contribution in [2.75, 3.05) is 6.61 Å². The lowest BCUT2D eigenvalue weighted by Gasteiger charge is -2.23. The van der Waals surface area contributed by atoms with E-state index in [1.54, 1.807) is 0 Å². The largest absolute Gasteiger partial charge is 0.396 e. The molecule has 0 amide bonds. The molecule has 0 saturated carbocycles. The van der Waals surface area contributed by atoms with E-state index in [2.05, 4.69) is 6.92 Å². The zero-order chi connectivity index (χ0) is 7.84. The second kappa shape index (κ2) is 2.76. The Bertz CT molecular complexity index is 146. The predicted molar refractivity (Wildman–Crippen MR) is 42.3 cm³/mol.